The second-order valence-electron chi connectivity index (χ2n) is 2.44. The molecule has 3 aliphatic rings. The van der Waals surface area contributed by atoms with Crippen molar-refractivity contribution in [2.75, 3.05) is 0 Å². The van der Waals surface area contributed by atoms with Crippen molar-refractivity contribution in [2.45, 2.75) is 24.9 Å². The topological polar surface area (TPSA) is 4.44 Å². The summed E-state index contributed by atoms with van der Waals surface area (Å²) in [5.41, 5.74) is 0. The molecule has 0 radical (unpaired) electrons. The number of hydrogen-bond donors (Lipinski definition) is 1. The number of rotatable bonds is 0. The van der Waals surface area contributed by atoms with E-state index in [0.717, 1.165) is 12.1 Å². The van der Waals surface area contributed by atoms with Crippen molar-refractivity contribution in [3.8, 4) is 0 Å². The average Bonchev–Trinajstić information content (AvgIpc) is 1.28. The summed E-state index contributed by atoms with van der Waals surface area (Å²) in [5.74, 6) is 0. The van der Waals surface area contributed by atoms with E-state index < -0.39 is 0 Å². The maximum Gasteiger partial charge on any atom is 0.0750 e. The maximum absolute atomic E-state index is 3.89. The lowest BCUT2D eigenvalue weighted by Gasteiger charge is -2.60. The van der Waals surface area contributed by atoms with Gasteiger partial charge >= 0.3 is 0 Å². The van der Waals surface area contributed by atoms with Crippen molar-refractivity contribution >= 4 is 0 Å². The van der Waals surface area contributed by atoms with Crippen molar-refractivity contribution < 1.29 is 4.90 Å². The van der Waals surface area contributed by atoms with Crippen LogP contribution in [0.4, 0.5) is 0 Å². The molecular formula is C5H9N. The van der Waals surface area contributed by atoms with Gasteiger partial charge in [0, 0.05) is 12.8 Å². The molecule has 2 heterocycles. The molecule has 2 bridgehead atoms. The van der Waals surface area contributed by atoms with Gasteiger partial charge in [-0.2, -0.15) is 7.05 Å². The van der Waals surface area contributed by atoms with Crippen LogP contribution in [0.5, 0.6) is 0 Å². The van der Waals surface area contributed by atoms with Crippen LogP contribution in [0.2, 0.25) is 0 Å². The van der Waals surface area contributed by atoms with Crippen molar-refractivity contribution in [3.05, 3.63) is 7.05 Å². The van der Waals surface area contributed by atoms with Crippen molar-refractivity contribution in [1.82, 2.24) is 0 Å². The average molecular weight is 83.1 g/mol. The Hall–Kier alpha value is -0.0400. The third-order valence-corrected chi connectivity index (χ3v) is 2.19. The number of hydrogen-bond acceptors (Lipinski definition) is 0. The molecule has 2 saturated heterocycles. The largest absolute Gasteiger partial charge is 0.462 e. The van der Waals surface area contributed by atoms with E-state index in [2.05, 4.69) is 7.05 Å². The van der Waals surface area contributed by atoms with Gasteiger partial charge in [-0.05, 0) is 0 Å². The summed E-state index contributed by atoms with van der Waals surface area (Å²) in [5, 5.41) is 0. The molecule has 3 fully saturated rings. The summed E-state index contributed by atoms with van der Waals surface area (Å²) in [6, 6.07) is 1.96. The highest BCUT2D eigenvalue weighted by atomic mass is 15.3. The van der Waals surface area contributed by atoms with Crippen LogP contribution in [-0.2, 0) is 0 Å². The molecule has 0 unspecified atom stereocenters. The summed E-state index contributed by atoms with van der Waals surface area (Å²) in [4.78, 5) is 1.54. The second-order valence-corrected chi connectivity index (χ2v) is 2.44. The SMILES string of the molecule is [CH2-][NH+]1C2CC1C2. The molecule has 0 atom stereocenters. The zero-order chi connectivity index (χ0) is 4.15. The highest BCUT2D eigenvalue weighted by molar-refractivity contribution is 4.88. The minimum absolute atomic E-state index is 0.981. The van der Waals surface area contributed by atoms with Crippen LogP contribution >= 0.6 is 0 Å². The first kappa shape index (κ1) is 3.03. The molecule has 0 aromatic carbocycles. The van der Waals surface area contributed by atoms with Gasteiger partial charge in [-0.3, -0.25) is 0 Å². The second kappa shape index (κ2) is 0.648. The minimum atomic E-state index is 0.981. The number of quaternary nitrogens is 1. The molecule has 1 nitrogen and oxygen atoms in total. The first-order valence-electron chi connectivity index (χ1n) is 2.56. The smallest absolute Gasteiger partial charge is 0.0750 e. The molecule has 34 valence electrons. The van der Waals surface area contributed by atoms with Gasteiger partial charge in [-0.15, -0.1) is 0 Å². The lowest BCUT2D eigenvalue weighted by atomic mass is 9.73. The van der Waals surface area contributed by atoms with Gasteiger partial charge in [0.25, 0.3) is 0 Å². The van der Waals surface area contributed by atoms with E-state index in [0.29, 0.717) is 0 Å². The van der Waals surface area contributed by atoms with Crippen molar-refractivity contribution in [3.63, 3.8) is 0 Å². The Morgan fingerprint density at radius 1 is 1.33 bits per heavy atom. The molecule has 0 aromatic heterocycles. The molecule has 1 heteroatoms. The van der Waals surface area contributed by atoms with E-state index in [1.54, 1.807) is 0 Å². The zero-order valence-corrected chi connectivity index (χ0v) is 3.78. The zero-order valence-electron chi connectivity index (χ0n) is 3.78. The van der Waals surface area contributed by atoms with Gasteiger partial charge in [0.15, 0.2) is 0 Å². The van der Waals surface area contributed by atoms with Crippen LogP contribution in [-0.4, -0.2) is 12.1 Å². The van der Waals surface area contributed by atoms with Crippen molar-refractivity contribution in [2.24, 2.45) is 0 Å². The van der Waals surface area contributed by atoms with Crippen LogP contribution in [0, 0.1) is 7.05 Å². The summed E-state index contributed by atoms with van der Waals surface area (Å²) >= 11 is 0. The monoisotopic (exact) mass is 83.1 g/mol. The Bertz CT molecular complexity index is 66.0. The van der Waals surface area contributed by atoms with Crippen molar-refractivity contribution in [1.29, 1.82) is 0 Å². The molecule has 1 saturated carbocycles. The Morgan fingerprint density at radius 2 is 1.67 bits per heavy atom. The van der Waals surface area contributed by atoms with Crippen LogP contribution in [0.25, 0.3) is 0 Å². The van der Waals surface area contributed by atoms with Gasteiger partial charge in [-0.1, -0.05) is 0 Å². The minimum Gasteiger partial charge on any atom is -0.462 e. The van der Waals surface area contributed by atoms with E-state index >= 15 is 0 Å². The van der Waals surface area contributed by atoms with Gasteiger partial charge in [-0.25, -0.2) is 0 Å². The third-order valence-electron chi connectivity index (χ3n) is 2.19. The molecule has 0 aromatic rings. The van der Waals surface area contributed by atoms with Gasteiger partial charge in [0.1, 0.15) is 0 Å². The summed E-state index contributed by atoms with van der Waals surface area (Å²) in [7, 11) is 3.89. The van der Waals surface area contributed by atoms with Gasteiger partial charge < -0.3 is 4.90 Å². The Balaban J connectivity index is 2.11. The van der Waals surface area contributed by atoms with Gasteiger partial charge in [0.2, 0.25) is 0 Å². The lowest BCUT2D eigenvalue weighted by Crippen LogP contribution is -3.29. The van der Waals surface area contributed by atoms with E-state index in [-0.39, 0.29) is 0 Å². The molecule has 1 aliphatic carbocycles. The molecule has 0 spiro atoms. The molecule has 0 amide bonds. The number of nitrogens with one attached hydrogen (secondary N) is 1. The Morgan fingerprint density at radius 3 is 1.67 bits per heavy atom. The van der Waals surface area contributed by atoms with Crippen LogP contribution in [0.3, 0.4) is 0 Å². The lowest BCUT2D eigenvalue weighted by molar-refractivity contribution is -1.00. The summed E-state index contributed by atoms with van der Waals surface area (Å²) < 4.78 is 0. The van der Waals surface area contributed by atoms with Gasteiger partial charge in [0.05, 0.1) is 12.1 Å². The van der Waals surface area contributed by atoms with Crippen LogP contribution in [0.1, 0.15) is 12.8 Å². The van der Waals surface area contributed by atoms with Crippen LogP contribution < -0.4 is 4.90 Å². The molecular weight excluding hydrogens is 74.1 g/mol. The maximum atomic E-state index is 3.89. The quantitative estimate of drug-likeness (QED) is 0.366. The normalized spacial score (nSPS) is 62.5. The summed E-state index contributed by atoms with van der Waals surface area (Å²) in [6.07, 6.45) is 2.94. The molecule has 1 N–H and O–H groups in total. The predicted octanol–water partition coefficient (Wildman–Crippen LogP) is -0.793. The third kappa shape index (κ3) is 0.136. The predicted molar refractivity (Wildman–Crippen MR) is 23.1 cm³/mol. The molecule has 6 heavy (non-hydrogen) atoms. The fraction of sp³-hybridized carbons (Fsp3) is 0.800. The first-order chi connectivity index (χ1) is 2.88. The van der Waals surface area contributed by atoms with E-state index in [4.69, 9.17) is 0 Å². The van der Waals surface area contributed by atoms with Crippen LogP contribution in [0.15, 0.2) is 0 Å². The highest BCUT2D eigenvalue weighted by Gasteiger charge is 2.49. The first-order valence-corrected chi connectivity index (χ1v) is 2.56. The Labute approximate surface area is 37.9 Å². The standard InChI is InChI=1S/C5H9N/c1-6-4-2-5(6)3-4/h4-6H,1-3H2. The Kier molecular flexibility index (Phi) is 0.327. The summed E-state index contributed by atoms with van der Waals surface area (Å²) in [6.45, 7) is 0. The van der Waals surface area contributed by atoms with E-state index in [1.165, 1.54) is 17.7 Å². The fourth-order valence-corrected chi connectivity index (χ4v) is 1.24. The van der Waals surface area contributed by atoms with E-state index in [9.17, 15) is 0 Å². The fourth-order valence-electron chi connectivity index (χ4n) is 1.24. The highest BCUT2D eigenvalue weighted by Crippen LogP contribution is 2.24. The molecule has 2 aliphatic heterocycles. The van der Waals surface area contributed by atoms with E-state index in [1.807, 2.05) is 0 Å². The molecule has 3 rings (SSSR count).